The first kappa shape index (κ1) is 15.4. The molecule has 1 atom stereocenters. The fourth-order valence-corrected chi connectivity index (χ4v) is 2.54. The lowest BCUT2D eigenvalue weighted by atomic mass is 10.2. The monoisotopic (exact) mass is 313 g/mol. The number of carbonyl (C=O) groups is 1. The van der Waals surface area contributed by atoms with E-state index in [9.17, 15) is 9.59 Å². The fourth-order valence-electron chi connectivity index (χ4n) is 2.54. The van der Waals surface area contributed by atoms with Crippen LogP contribution in [0.1, 0.15) is 28.9 Å². The van der Waals surface area contributed by atoms with Crippen molar-refractivity contribution in [2.45, 2.75) is 25.5 Å². The Bertz CT molecular complexity index is 721. The molecule has 1 saturated heterocycles. The standard InChI is InChI=1S/C17H19N3O3/c21-16-9-8-15(17(22)18-11-14-7-4-10-23-14)19-20(16)12-13-5-2-1-3-6-13/h1-3,5-6,8-9,14H,4,7,10-12H2,(H,18,22)/t14-/m1/s1. The van der Waals surface area contributed by atoms with Crippen LogP contribution in [0.3, 0.4) is 0 Å². The van der Waals surface area contributed by atoms with Gasteiger partial charge in [0.1, 0.15) is 5.69 Å². The molecular weight excluding hydrogens is 294 g/mol. The van der Waals surface area contributed by atoms with Crippen LogP contribution in [0, 0.1) is 0 Å². The zero-order valence-electron chi connectivity index (χ0n) is 12.8. The summed E-state index contributed by atoms with van der Waals surface area (Å²) in [6.07, 6.45) is 2.07. The molecule has 2 heterocycles. The van der Waals surface area contributed by atoms with Crippen molar-refractivity contribution < 1.29 is 9.53 Å². The molecule has 1 amide bonds. The number of hydrogen-bond donors (Lipinski definition) is 1. The first-order valence-electron chi connectivity index (χ1n) is 7.74. The van der Waals surface area contributed by atoms with E-state index in [4.69, 9.17) is 4.74 Å². The zero-order chi connectivity index (χ0) is 16.1. The third-order valence-corrected chi connectivity index (χ3v) is 3.79. The number of aromatic nitrogens is 2. The second-order valence-corrected chi connectivity index (χ2v) is 5.55. The number of carbonyl (C=O) groups excluding carboxylic acids is 1. The molecule has 0 saturated carbocycles. The Kier molecular flexibility index (Phi) is 4.83. The molecule has 6 nitrogen and oxygen atoms in total. The smallest absolute Gasteiger partial charge is 0.271 e. The van der Waals surface area contributed by atoms with E-state index in [2.05, 4.69) is 10.4 Å². The van der Waals surface area contributed by atoms with Gasteiger partial charge in [-0.25, -0.2) is 4.68 Å². The van der Waals surface area contributed by atoms with Crippen molar-refractivity contribution in [3.05, 3.63) is 64.1 Å². The second-order valence-electron chi connectivity index (χ2n) is 5.55. The average Bonchev–Trinajstić information content (AvgIpc) is 3.09. The number of hydrogen-bond acceptors (Lipinski definition) is 4. The molecule has 0 radical (unpaired) electrons. The quantitative estimate of drug-likeness (QED) is 0.900. The topological polar surface area (TPSA) is 73.2 Å². The summed E-state index contributed by atoms with van der Waals surface area (Å²) >= 11 is 0. The molecule has 1 aliphatic rings. The normalized spacial score (nSPS) is 17.1. The third-order valence-electron chi connectivity index (χ3n) is 3.79. The number of nitrogens with zero attached hydrogens (tertiary/aromatic N) is 2. The first-order chi connectivity index (χ1) is 11.2. The molecule has 0 unspecified atom stereocenters. The molecule has 3 rings (SSSR count). The maximum atomic E-state index is 12.2. The Labute approximate surface area is 134 Å². The number of ether oxygens (including phenoxy) is 1. The zero-order valence-corrected chi connectivity index (χ0v) is 12.8. The molecule has 0 aliphatic carbocycles. The van der Waals surface area contributed by atoms with Crippen LogP contribution >= 0.6 is 0 Å². The van der Waals surface area contributed by atoms with Gasteiger partial charge in [0.2, 0.25) is 0 Å². The fraction of sp³-hybridized carbons (Fsp3) is 0.353. The summed E-state index contributed by atoms with van der Waals surface area (Å²) in [6, 6.07) is 12.4. The summed E-state index contributed by atoms with van der Waals surface area (Å²) in [5.41, 5.74) is 0.960. The van der Waals surface area contributed by atoms with Crippen LogP contribution in [0.4, 0.5) is 0 Å². The minimum atomic E-state index is -0.290. The molecule has 2 aromatic rings. The van der Waals surface area contributed by atoms with Gasteiger partial charge in [-0.2, -0.15) is 5.10 Å². The summed E-state index contributed by atoms with van der Waals surface area (Å²) in [4.78, 5) is 24.1. The van der Waals surface area contributed by atoms with Crippen molar-refractivity contribution in [3.8, 4) is 0 Å². The van der Waals surface area contributed by atoms with Gasteiger partial charge in [0.05, 0.1) is 12.6 Å². The molecule has 0 spiro atoms. The molecular formula is C17H19N3O3. The van der Waals surface area contributed by atoms with E-state index in [1.54, 1.807) is 0 Å². The highest BCUT2D eigenvalue weighted by Gasteiger charge is 2.17. The van der Waals surface area contributed by atoms with Crippen LogP contribution < -0.4 is 10.9 Å². The number of rotatable bonds is 5. The van der Waals surface area contributed by atoms with E-state index in [0.717, 1.165) is 25.0 Å². The lowest BCUT2D eigenvalue weighted by Crippen LogP contribution is -2.34. The van der Waals surface area contributed by atoms with Crippen molar-refractivity contribution in [1.29, 1.82) is 0 Å². The van der Waals surface area contributed by atoms with Crippen molar-refractivity contribution >= 4 is 5.91 Å². The Morgan fingerprint density at radius 3 is 2.83 bits per heavy atom. The van der Waals surface area contributed by atoms with Crippen LogP contribution in [0.15, 0.2) is 47.3 Å². The Morgan fingerprint density at radius 1 is 1.26 bits per heavy atom. The molecule has 6 heteroatoms. The molecule has 1 fully saturated rings. The highest BCUT2D eigenvalue weighted by atomic mass is 16.5. The predicted molar refractivity (Wildman–Crippen MR) is 85.3 cm³/mol. The van der Waals surface area contributed by atoms with Crippen LogP contribution in [0.2, 0.25) is 0 Å². The van der Waals surface area contributed by atoms with Crippen LogP contribution in [0.5, 0.6) is 0 Å². The molecule has 120 valence electrons. The van der Waals surface area contributed by atoms with Crippen molar-refractivity contribution in [2.75, 3.05) is 13.2 Å². The highest BCUT2D eigenvalue weighted by molar-refractivity contribution is 5.92. The first-order valence-corrected chi connectivity index (χ1v) is 7.74. The Hall–Kier alpha value is -2.47. The van der Waals surface area contributed by atoms with Crippen LogP contribution in [-0.4, -0.2) is 34.9 Å². The minimum absolute atomic E-state index is 0.0779. The molecule has 0 bridgehead atoms. The SMILES string of the molecule is O=C(NC[C@H]1CCCO1)c1ccc(=O)n(Cc2ccccc2)n1. The lowest BCUT2D eigenvalue weighted by Gasteiger charge is -2.11. The van der Waals surface area contributed by atoms with Gasteiger partial charge in [-0.3, -0.25) is 9.59 Å². The summed E-state index contributed by atoms with van der Waals surface area (Å²) in [5, 5.41) is 6.97. The van der Waals surface area contributed by atoms with Crippen LogP contribution in [0.25, 0.3) is 0 Å². The van der Waals surface area contributed by atoms with E-state index in [-0.39, 0.29) is 23.3 Å². The largest absolute Gasteiger partial charge is 0.376 e. The van der Waals surface area contributed by atoms with E-state index in [0.29, 0.717) is 13.1 Å². The average molecular weight is 313 g/mol. The number of amides is 1. The van der Waals surface area contributed by atoms with Crippen molar-refractivity contribution in [3.63, 3.8) is 0 Å². The van der Waals surface area contributed by atoms with E-state index in [1.807, 2.05) is 30.3 Å². The van der Waals surface area contributed by atoms with Gasteiger partial charge in [-0.05, 0) is 24.5 Å². The van der Waals surface area contributed by atoms with Gasteiger partial charge in [-0.1, -0.05) is 30.3 Å². The summed E-state index contributed by atoms with van der Waals surface area (Å²) < 4.78 is 6.77. The van der Waals surface area contributed by atoms with Gasteiger partial charge >= 0.3 is 0 Å². The summed E-state index contributed by atoms with van der Waals surface area (Å²) in [6.45, 7) is 1.56. The summed E-state index contributed by atoms with van der Waals surface area (Å²) in [5.74, 6) is -0.290. The molecule has 1 aromatic heterocycles. The minimum Gasteiger partial charge on any atom is -0.376 e. The van der Waals surface area contributed by atoms with Gasteiger partial charge in [0, 0.05) is 19.2 Å². The molecule has 23 heavy (non-hydrogen) atoms. The maximum Gasteiger partial charge on any atom is 0.271 e. The number of nitrogens with one attached hydrogen (secondary N) is 1. The molecule has 1 aromatic carbocycles. The predicted octanol–water partition coefficient (Wildman–Crippen LogP) is 1.20. The number of benzene rings is 1. The van der Waals surface area contributed by atoms with Crippen molar-refractivity contribution in [2.24, 2.45) is 0 Å². The summed E-state index contributed by atoms with van der Waals surface area (Å²) in [7, 11) is 0. The van der Waals surface area contributed by atoms with Gasteiger partial charge in [-0.15, -0.1) is 0 Å². The highest BCUT2D eigenvalue weighted by Crippen LogP contribution is 2.10. The van der Waals surface area contributed by atoms with E-state index < -0.39 is 0 Å². The Morgan fingerprint density at radius 2 is 2.09 bits per heavy atom. The molecule has 1 aliphatic heterocycles. The maximum absolute atomic E-state index is 12.2. The van der Waals surface area contributed by atoms with E-state index >= 15 is 0 Å². The Balaban J connectivity index is 1.69. The van der Waals surface area contributed by atoms with E-state index in [1.165, 1.54) is 16.8 Å². The van der Waals surface area contributed by atoms with Crippen molar-refractivity contribution in [1.82, 2.24) is 15.1 Å². The molecule has 1 N–H and O–H groups in total. The van der Waals surface area contributed by atoms with Gasteiger partial charge < -0.3 is 10.1 Å². The van der Waals surface area contributed by atoms with Gasteiger partial charge in [0.15, 0.2) is 0 Å². The lowest BCUT2D eigenvalue weighted by molar-refractivity contribution is 0.0851. The van der Waals surface area contributed by atoms with Gasteiger partial charge in [0.25, 0.3) is 11.5 Å². The third kappa shape index (κ3) is 4.04. The van der Waals surface area contributed by atoms with Crippen LogP contribution in [-0.2, 0) is 11.3 Å². The second kappa shape index (κ2) is 7.19.